The second-order valence-electron chi connectivity index (χ2n) is 7.53. The molecule has 4 rings (SSSR count). The molecular formula is C25H23NO4. The van der Waals surface area contributed by atoms with Crippen LogP contribution in [0.25, 0.3) is 11.1 Å². The van der Waals surface area contributed by atoms with Crippen LogP contribution in [0, 0.1) is 5.92 Å². The molecule has 30 heavy (non-hydrogen) atoms. The van der Waals surface area contributed by atoms with E-state index in [1.165, 1.54) is 0 Å². The maximum Gasteiger partial charge on any atom is 0.321 e. The first-order valence-corrected chi connectivity index (χ1v) is 9.93. The zero-order chi connectivity index (χ0) is 21.1. The van der Waals surface area contributed by atoms with Gasteiger partial charge in [0, 0.05) is 12.0 Å². The highest BCUT2D eigenvalue weighted by Gasteiger charge is 2.36. The standard InChI is InChI=1S/C25H23NO4/c26-22(14-16-8-2-1-3-9-16)23(24(27)28)25(29)30-15-21-19-12-6-4-10-17(19)18-11-5-7-13-20(18)21/h1-13,21-23H,14-15,26H2,(H,27,28)/t22?,23-/m0/s1. The van der Waals surface area contributed by atoms with Crippen LogP contribution < -0.4 is 5.73 Å². The summed E-state index contributed by atoms with van der Waals surface area (Å²) in [5.74, 6) is -3.61. The lowest BCUT2D eigenvalue weighted by molar-refractivity contribution is -0.159. The van der Waals surface area contributed by atoms with E-state index in [1.54, 1.807) is 0 Å². The van der Waals surface area contributed by atoms with E-state index in [2.05, 4.69) is 0 Å². The van der Waals surface area contributed by atoms with Gasteiger partial charge >= 0.3 is 11.9 Å². The molecule has 0 spiro atoms. The number of esters is 1. The molecule has 5 nitrogen and oxygen atoms in total. The lowest BCUT2D eigenvalue weighted by atomic mass is 9.94. The summed E-state index contributed by atoms with van der Waals surface area (Å²) >= 11 is 0. The second kappa shape index (κ2) is 8.51. The Morgan fingerprint density at radius 3 is 1.97 bits per heavy atom. The Hall–Kier alpha value is -3.44. The van der Waals surface area contributed by atoms with Gasteiger partial charge in [0.2, 0.25) is 0 Å². The number of aliphatic carboxylic acids is 1. The summed E-state index contributed by atoms with van der Waals surface area (Å²) < 4.78 is 5.52. The molecule has 3 N–H and O–H groups in total. The summed E-state index contributed by atoms with van der Waals surface area (Å²) in [6.45, 7) is 0.0781. The van der Waals surface area contributed by atoms with E-state index in [4.69, 9.17) is 10.5 Å². The summed E-state index contributed by atoms with van der Waals surface area (Å²) in [5, 5.41) is 9.62. The normalized spacial score (nSPS) is 14.4. The van der Waals surface area contributed by atoms with E-state index in [0.717, 1.165) is 27.8 Å². The van der Waals surface area contributed by atoms with E-state index in [-0.39, 0.29) is 18.9 Å². The number of carboxylic acid groups (broad SMARTS) is 1. The summed E-state index contributed by atoms with van der Waals surface area (Å²) in [4.78, 5) is 24.5. The van der Waals surface area contributed by atoms with Gasteiger partial charge in [0.1, 0.15) is 6.61 Å². The van der Waals surface area contributed by atoms with Crippen molar-refractivity contribution in [3.05, 3.63) is 95.6 Å². The first-order valence-electron chi connectivity index (χ1n) is 9.93. The van der Waals surface area contributed by atoms with Crippen molar-refractivity contribution in [3.63, 3.8) is 0 Å². The molecule has 0 saturated carbocycles. The zero-order valence-electron chi connectivity index (χ0n) is 16.4. The lowest BCUT2D eigenvalue weighted by Gasteiger charge is -2.21. The quantitative estimate of drug-likeness (QED) is 0.466. The third kappa shape index (κ3) is 3.84. The SMILES string of the molecule is NC(Cc1ccccc1)[C@@H](C(=O)O)C(=O)OCC1c2ccccc2-c2ccccc21. The van der Waals surface area contributed by atoms with Crippen molar-refractivity contribution >= 4 is 11.9 Å². The molecule has 5 heteroatoms. The molecular weight excluding hydrogens is 378 g/mol. The molecule has 0 heterocycles. The Balaban J connectivity index is 1.50. The predicted molar refractivity (Wildman–Crippen MR) is 114 cm³/mol. The molecule has 3 aromatic carbocycles. The van der Waals surface area contributed by atoms with E-state index in [0.29, 0.717) is 0 Å². The third-order valence-electron chi connectivity index (χ3n) is 5.62. The first kappa shape index (κ1) is 19.9. The molecule has 1 aliphatic carbocycles. The summed E-state index contributed by atoms with van der Waals surface area (Å²) in [7, 11) is 0. The minimum Gasteiger partial charge on any atom is -0.481 e. The molecule has 1 aliphatic rings. The molecule has 1 unspecified atom stereocenters. The largest absolute Gasteiger partial charge is 0.481 e. The molecule has 0 bridgehead atoms. The Labute approximate surface area is 175 Å². The van der Waals surface area contributed by atoms with Gasteiger partial charge in [0.25, 0.3) is 0 Å². The third-order valence-corrected chi connectivity index (χ3v) is 5.62. The number of fused-ring (bicyclic) bond motifs is 3. The number of carboxylic acids is 1. The van der Waals surface area contributed by atoms with Crippen molar-refractivity contribution in [3.8, 4) is 11.1 Å². The number of carbonyl (C=O) groups is 2. The van der Waals surface area contributed by atoms with Gasteiger partial charge in [0.05, 0.1) is 0 Å². The number of carbonyl (C=O) groups excluding carboxylic acids is 1. The van der Waals surface area contributed by atoms with Crippen molar-refractivity contribution in [1.82, 2.24) is 0 Å². The molecule has 0 saturated heterocycles. The minimum absolute atomic E-state index is 0.0781. The fourth-order valence-corrected chi connectivity index (χ4v) is 4.16. The van der Waals surface area contributed by atoms with E-state index >= 15 is 0 Å². The fraction of sp³-hybridized carbons (Fsp3) is 0.200. The first-order chi connectivity index (χ1) is 14.6. The number of benzene rings is 3. The predicted octanol–water partition coefficient (Wildman–Crippen LogP) is 3.61. The van der Waals surface area contributed by atoms with Crippen molar-refractivity contribution in [2.75, 3.05) is 6.61 Å². The Morgan fingerprint density at radius 2 is 1.40 bits per heavy atom. The molecule has 0 radical (unpaired) electrons. The number of rotatable bonds is 7. The smallest absolute Gasteiger partial charge is 0.321 e. The van der Waals surface area contributed by atoms with Crippen molar-refractivity contribution < 1.29 is 19.4 Å². The van der Waals surface area contributed by atoms with Crippen molar-refractivity contribution in [2.45, 2.75) is 18.4 Å². The maximum atomic E-state index is 12.7. The van der Waals surface area contributed by atoms with Crippen LogP contribution in [0.2, 0.25) is 0 Å². The van der Waals surface area contributed by atoms with E-state index < -0.39 is 23.9 Å². The monoisotopic (exact) mass is 401 g/mol. The molecule has 0 aromatic heterocycles. The highest BCUT2D eigenvalue weighted by Crippen LogP contribution is 2.44. The highest BCUT2D eigenvalue weighted by atomic mass is 16.5. The second-order valence-corrected chi connectivity index (χ2v) is 7.53. The number of nitrogens with two attached hydrogens (primary N) is 1. The molecule has 0 amide bonds. The van der Waals surface area contributed by atoms with Crippen LogP contribution >= 0.6 is 0 Å². The van der Waals surface area contributed by atoms with Crippen LogP contribution in [0.3, 0.4) is 0 Å². The Bertz CT molecular complexity index is 1020. The number of ether oxygens (including phenoxy) is 1. The van der Waals surface area contributed by atoms with Crippen molar-refractivity contribution in [1.29, 1.82) is 0 Å². The molecule has 152 valence electrons. The van der Waals surface area contributed by atoms with E-state index in [1.807, 2.05) is 78.9 Å². The minimum atomic E-state index is -1.42. The molecule has 3 aromatic rings. The topological polar surface area (TPSA) is 89.6 Å². The summed E-state index contributed by atoms with van der Waals surface area (Å²) in [5.41, 5.74) is 11.4. The molecule has 2 atom stereocenters. The average Bonchev–Trinajstić information content (AvgIpc) is 3.06. The number of hydrogen-bond donors (Lipinski definition) is 2. The zero-order valence-corrected chi connectivity index (χ0v) is 16.4. The van der Waals surface area contributed by atoms with Gasteiger partial charge in [0.15, 0.2) is 5.92 Å². The Morgan fingerprint density at radius 1 is 0.867 bits per heavy atom. The molecule has 0 aliphatic heterocycles. The highest BCUT2D eigenvalue weighted by molar-refractivity contribution is 5.95. The van der Waals surface area contributed by atoms with Crippen LogP contribution in [-0.2, 0) is 20.7 Å². The van der Waals surface area contributed by atoms with Crippen LogP contribution in [0.4, 0.5) is 0 Å². The van der Waals surface area contributed by atoms with Crippen LogP contribution in [0.15, 0.2) is 78.9 Å². The van der Waals surface area contributed by atoms with Crippen LogP contribution in [-0.4, -0.2) is 29.7 Å². The molecule has 0 fully saturated rings. The maximum absolute atomic E-state index is 12.7. The van der Waals surface area contributed by atoms with Crippen molar-refractivity contribution in [2.24, 2.45) is 11.7 Å². The van der Waals surface area contributed by atoms with Gasteiger partial charge < -0.3 is 15.6 Å². The van der Waals surface area contributed by atoms with Crippen LogP contribution in [0.5, 0.6) is 0 Å². The average molecular weight is 401 g/mol. The van der Waals surface area contributed by atoms with E-state index in [9.17, 15) is 14.7 Å². The van der Waals surface area contributed by atoms with Gasteiger partial charge in [-0.25, -0.2) is 0 Å². The Kier molecular flexibility index (Phi) is 5.63. The lowest BCUT2D eigenvalue weighted by Crippen LogP contribution is -2.43. The van der Waals surface area contributed by atoms with Gasteiger partial charge in [-0.1, -0.05) is 78.9 Å². The fourth-order valence-electron chi connectivity index (χ4n) is 4.16. The van der Waals surface area contributed by atoms with Gasteiger partial charge in [-0.3, -0.25) is 9.59 Å². The number of hydrogen-bond acceptors (Lipinski definition) is 4. The summed E-state index contributed by atoms with van der Waals surface area (Å²) in [6, 6.07) is 24.4. The summed E-state index contributed by atoms with van der Waals surface area (Å²) in [6.07, 6.45) is 0.280. The van der Waals surface area contributed by atoms with Gasteiger partial charge in [-0.2, -0.15) is 0 Å². The van der Waals surface area contributed by atoms with Crippen LogP contribution in [0.1, 0.15) is 22.6 Å². The van der Waals surface area contributed by atoms with Gasteiger partial charge in [-0.15, -0.1) is 0 Å². The van der Waals surface area contributed by atoms with Gasteiger partial charge in [-0.05, 0) is 34.2 Å².